The number of hydrogen-bond donors (Lipinski definition) is 2. The number of fused-ring (bicyclic) bond motifs is 1. The molecule has 2 rings (SSSR count). The van der Waals surface area contributed by atoms with Crippen molar-refractivity contribution in [1.29, 1.82) is 0 Å². The zero-order valence-electron chi connectivity index (χ0n) is 6.78. The minimum Gasteiger partial charge on any atom is -0.368 e. The van der Waals surface area contributed by atoms with Crippen LogP contribution in [0.5, 0.6) is 0 Å². The zero-order valence-corrected chi connectivity index (χ0v) is 6.78. The van der Waals surface area contributed by atoms with Crippen LogP contribution in [0, 0.1) is 6.92 Å². The predicted molar refractivity (Wildman–Crippen MR) is 49.0 cm³/mol. The number of nitrogen functional groups attached to an aromatic ring is 2. The van der Waals surface area contributed by atoms with Crippen LogP contribution in [0.1, 0.15) is 5.56 Å². The van der Waals surface area contributed by atoms with Gasteiger partial charge in [-0.25, -0.2) is 9.66 Å². The summed E-state index contributed by atoms with van der Waals surface area (Å²) in [5.74, 6) is 6.01. The summed E-state index contributed by atoms with van der Waals surface area (Å²) < 4.78 is 1.41. The minimum atomic E-state index is 0.347. The molecule has 1 heterocycles. The number of rotatable bonds is 0. The highest BCUT2D eigenvalue weighted by atomic mass is 15.4. The summed E-state index contributed by atoms with van der Waals surface area (Å²) in [4.78, 5) is 4.09. The van der Waals surface area contributed by atoms with E-state index >= 15 is 0 Å². The first-order valence-electron chi connectivity index (χ1n) is 3.69. The monoisotopic (exact) mass is 162 g/mol. The van der Waals surface area contributed by atoms with E-state index in [-0.39, 0.29) is 0 Å². The predicted octanol–water partition coefficient (Wildman–Crippen LogP) is 0.641. The van der Waals surface area contributed by atoms with Crippen LogP contribution in [-0.4, -0.2) is 9.66 Å². The van der Waals surface area contributed by atoms with Gasteiger partial charge in [-0.1, -0.05) is 12.1 Å². The number of aryl methyl sites for hydroxylation is 1. The Hall–Kier alpha value is -1.71. The first-order valence-corrected chi connectivity index (χ1v) is 3.69. The lowest BCUT2D eigenvalue weighted by Gasteiger charge is -1.98. The molecule has 0 aliphatic heterocycles. The van der Waals surface area contributed by atoms with E-state index in [9.17, 15) is 0 Å². The second-order valence-corrected chi connectivity index (χ2v) is 2.78. The van der Waals surface area contributed by atoms with E-state index in [2.05, 4.69) is 4.98 Å². The standard InChI is InChI=1S/C8H10N4/c1-5-3-2-4-6-7(5)12(10)8(9)11-6/h2-4H,10H2,1H3,(H2,9,11). The number of imidazole rings is 1. The average Bonchev–Trinajstić information content (AvgIpc) is 2.29. The highest BCUT2D eigenvalue weighted by Crippen LogP contribution is 2.17. The number of aromatic nitrogens is 2. The maximum Gasteiger partial charge on any atom is 0.220 e. The van der Waals surface area contributed by atoms with E-state index in [0.717, 1.165) is 16.6 Å². The summed E-state index contributed by atoms with van der Waals surface area (Å²) in [7, 11) is 0. The molecule has 0 saturated carbocycles. The van der Waals surface area contributed by atoms with E-state index in [4.69, 9.17) is 11.6 Å². The van der Waals surface area contributed by atoms with Crippen molar-refractivity contribution in [2.45, 2.75) is 6.92 Å². The van der Waals surface area contributed by atoms with Crippen LogP contribution in [0.4, 0.5) is 5.95 Å². The summed E-state index contributed by atoms with van der Waals surface area (Å²) in [6, 6.07) is 5.80. The van der Waals surface area contributed by atoms with Crippen LogP contribution in [0.15, 0.2) is 18.2 Å². The lowest BCUT2D eigenvalue weighted by Crippen LogP contribution is -2.11. The summed E-state index contributed by atoms with van der Waals surface area (Å²) in [6.45, 7) is 1.98. The first-order chi connectivity index (χ1) is 5.70. The van der Waals surface area contributed by atoms with Gasteiger partial charge in [-0.2, -0.15) is 0 Å². The van der Waals surface area contributed by atoms with Gasteiger partial charge in [-0.05, 0) is 18.6 Å². The van der Waals surface area contributed by atoms with E-state index in [1.165, 1.54) is 4.68 Å². The van der Waals surface area contributed by atoms with Crippen LogP contribution in [0.25, 0.3) is 11.0 Å². The van der Waals surface area contributed by atoms with Gasteiger partial charge in [0.1, 0.15) is 0 Å². The fourth-order valence-electron chi connectivity index (χ4n) is 1.34. The quantitative estimate of drug-likeness (QED) is 0.558. The molecule has 0 aliphatic carbocycles. The Balaban J connectivity index is 2.97. The second kappa shape index (κ2) is 2.14. The first kappa shape index (κ1) is 6.97. The molecule has 0 radical (unpaired) electrons. The molecule has 1 aromatic carbocycles. The number of nitrogens with two attached hydrogens (primary N) is 2. The van der Waals surface area contributed by atoms with Gasteiger partial charge in [-0.15, -0.1) is 0 Å². The number of benzene rings is 1. The van der Waals surface area contributed by atoms with E-state index in [1.54, 1.807) is 0 Å². The molecule has 4 N–H and O–H groups in total. The lowest BCUT2D eigenvalue weighted by molar-refractivity contribution is 1.05. The summed E-state index contributed by atoms with van der Waals surface area (Å²) in [5.41, 5.74) is 8.37. The minimum absolute atomic E-state index is 0.347. The Kier molecular flexibility index (Phi) is 1.24. The maximum absolute atomic E-state index is 5.67. The summed E-state index contributed by atoms with van der Waals surface area (Å²) in [5, 5.41) is 0. The molecule has 4 nitrogen and oxygen atoms in total. The third kappa shape index (κ3) is 0.747. The Morgan fingerprint density at radius 1 is 1.42 bits per heavy atom. The van der Waals surface area contributed by atoms with E-state index in [0.29, 0.717) is 5.95 Å². The fourth-order valence-corrected chi connectivity index (χ4v) is 1.34. The van der Waals surface area contributed by atoms with Gasteiger partial charge >= 0.3 is 0 Å². The molecule has 62 valence electrons. The number of anilines is 1. The third-order valence-corrected chi connectivity index (χ3v) is 1.94. The van der Waals surface area contributed by atoms with Crippen LogP contribution < -0.4 is 11.6 Å². The van der Waals surface area contributed by atoms with E-state index in [1.807, 2.05) is 25.1 Å². The molecule has 0 unspecified atom stereocenters. The topological polar surface area (TPSA) is 69.9 Å². The van der Waals surface area contributed by atoms with Crippen LogP contribution in [0.2, 0.25) is 0 Å². The van der Waals surface area contributed by atoms with Gasteiger partial charge in [0.25, 0.3) is 0 Å². The van der Waals surface area contributed by atoms with Gasteiger partial charge in [0.2, 0.25) is 5.95 Å². The Labute approximate surface area is 69.8 Å². The molecule has 0 spiro atoms. The smallest absolute Gasteiger partial charge is 0.220 e. The molecule has 2 aromatic rings. The van der Waals surface area contributed by atoms with Crippen LogP contribution in [-0.2, 0) is 0 Å². The molecule has 0 atom stereocenters. The van der Waals surface area contributed by atoms with Crippen LogP contribution >= 0.6 is 0 Å². The third-order valence-electron chi connectivity index (χ3n) is 1.94. The molecule has 4 heteroatoms. The van der Waals surface area contributed by atoms with Crippen molar-refractivity contribution in [1.82, 2.24) is 9.66 Å². The van der Waals surface area contributed by atoms with Crippen molar-refractivity contribution in [2.75, 3.05) is 11.6 Å². The molecule has 0 fully saturated rings. The van der Waals surface area contributed by atoms with Crippen molar-refractivity contribution in [3.05, 3.63) is 23.8 Å². The molecular formula is C8H10N4. The largest absolute Gasteiger partial charge is 0.368 e. The Morgan fingerprint density at radius 3 is 2.83 bits per heavy atom. The van der Waals surface area contributed by atoms with Gasteiger partial charge in [0, 0.05) is 0 Å². The number of para-hydroxylation sites is 1. The highest BCUT2D eigenvalue weighted by molar-refractivity contribution is 5.81. The maximum atomic E-state index is 5.67. The highest BCUT2D eigenvalue weighted by Gasteiger charge is 2.05. The van der Waals surface area contributed by atoms with Crippen molar-refractivity contribution < 1.29 is 0 Å². The average molecular weight is 162 g/mol. The molecule has 0 bridgehead atoms. The molecule has 0 aliphatic rings. The molecular weight excluding hydrogens is 152 g/mol. The second-order valence-electron chi connectivity index (χ2n) is 2.78. The van der Waals surface area contributed by atoms with Gasteiger partial charge in [0.15, 0.2) is 0 Å². The zero-order chi connectivity index (χ0) is 8.72. The molecule has 0 saturated heterocycles. The summed E-state index contributed by atoms with van der Waals surface area (Å²) >= 11 is 0. The lowest BCUT2D eigenvalue weighted by atomic mass is 10.2. The molecule has 12 heavy (non-hydrogen) atoms. The normalized spacial score (nSPS) is 10.8. The van der Waals surface area contributed by atoms with Crippen LogP contribution in [0.3, 0.4) is 0 Å². The van der Waals surface area contributed by atoms with Gasteiger partial charge < -0.3 is 11.6 Å². The molecule has 0 amide bonds. The summed E-state index contributed by atoms with van der Waals surface area (Å²) in [6.07, 6.45) is 0. The van der Waals surface area contributed by atoms with Crippen molar-refractivity contribution in [3.8, 4) is 0 Å². The van der Waals surface area contributed by atoms with E-state index < -0.39 is 0 Å². The fraction of sp³-hybridized carbons (Fsp3) is 0.125. The number of hydrogen-bond acceptors (Lipinski definition) is 3. The van der Waals surface area contributed by atoms with Crippen molar-refractivity contribution in [3.63, 3.8) is 0 Å². The number of nitrogens with zero attached hydrogens (tertiary/aromatic N) is 2. The Morgan fingerprint density at radius 2 is 2.17 bits per heavy atom. The molecule has 1 aromatic heterocycles. The Bertz CT molecular complexity index is 430. The SMILES string of the molecule is Cc1cccc2nc(N)n(N)c12. The van der Waals surface area contributed by atoms with Gasteiger partial charge in [-0.3, -0.25) is 0 Å². The van der Waals surface area contributed by atoms with Crippen molar-refractivity contribution >= 4 is 17.0 Å². The van der Waals surface area contributed by atoms with Gasteiger partial charge in [0.05, 0.1) is 11.0 Å². The van der Waals surface area contributed by atoms with Crippen molar-refractivity contribution in [2.24, 2.45) is 0 Å².